The van der Waals surface area contributed by atoms with Gasteiger partial charge < -0.3 is 14.3 Å². The Morgan fingerprint density at radius 3 is 2.68 bits per heavy atom. The molecule has 0 aliphatic heterocycles. The Morgan fingerprint density at radius 1 is 1.20 bits per heavy atom. The zero-order chi connectivity index (χ0) is 17.6. The number of aromatic nitrogens is 3. The molecule has 0 radical (unpaired) electrons. The Hall–Kier alpha value is -3.08. The lowest BCUT2D eigenvalue weighted by Gasteiger charge is -2.09. The van der Waals surface area contributed by atoms with Crippen LogP contribution in [0, 0.1) is 13.8 Å². The molecule has 1 aromatic carbocycles. The maximum Gasteiger partial charge on any atom is 0.275 e. The molecule has 5 heteroatoms. The van der Waals surface area contributed by atoms with E-state index in [0.717, 1.165) is 38.9 Å². The van der Waals surface area contributed by atoms with Crippen LogP contribution in [0.25, 0.3) is 21.9 Å². The van der Waals surface area contributed by atoms with Crippen LogP contribution in [0.1, 0.15) is 16.7 Å². The van der Waals surface area contributed by atoms with Gasteiger partial charge in [0.1, 0.15) is 16.9 Å². The van der Waals surface area contributed by atoms with Crippen LogP contribution >= 0.6 is 0 Å². The zero-order valence-electron chi connectivity index (χ0n) is 14.5. The summed E-state index contributed by atoms with van der Waals surface area (Å²) in [4.78, 5) is 20.6. The lowest BCUT2D eigenvalue weighted by molar-refractivity contribution is 0.414. The maximum absolute atomic E-state index is 12.9. The summed E-state index contributed by atoms with van der Waals surface area (Å²) >= 11 is 0. The minimum Gasteiger partial charge on any atom is -0.497 e. The second kappa shape index (κ2) is 5.77. The van der Waals surface area contributed by atoms with Crippen LogP contribution in [0.3, 0.4) is 0 Å². The highest BCUT2D eigenvalue weighted by molar-refractivity contribution is 6.07. The third-order valence-electron chi connectivity index (χ3n) is 4.52. The van der Waals surface area contributed by atoms with Crippen molar-refractivity contribution in [1.82, 2.24) is 14.5 Å². The van der Waals surface area contributed by atoms with Gasteiger partial charge in [0.15, 0.2) is 0 Å². The number of hydrogen-bond acceptors (Lipinski definition) is 3. The van der Waals surface area contributed by atoms with Gasteiger partial charge >= 0.3 is 0 Å². The van der Waals surface area contributed by atoms with Gasteiger partial charge in [0.05, 0.1) is 13.7 Å². The van der Waals surface area contributed by atoms with Crippen LogP contribution in [-0.4, -0.2) is 21.6 Å². The summed E-state index contributed by atoms with van der Waals surface area (Å²) in [5.41, 5.74) is 4.51. The molecular formula is C20H19N3O2. The standard InChI is InChI=1S/C20H19N3O2/c1-12-8-16-17-13(2)10-23(11-14-4-6-15(25-3)7-5-14)20(24)18(17)22-19(16)21-9-12/h4-10H,11H2,1-3H3,(H,21,22). The number of H-pyrrole nitrogens is 1. The molecule has 25 heavy (non-hydrogen) atoms. The van der Waals surface area contributed by atoms with Gasteiger partial charge in [0, 0.05) is 23.2 Å². The SMILES string of the molecule is COc1ccc(Cn2cc(C)c3c([nH]c4ncc(C)cc43)c2=O)cc1. The maximum atomic E-state index is 12.9. The van der Waals surface area contributed by atoms with E-state index >= 15 is 0 Å². The summed E-state index contributed by atoms with van der Waals surface area (Å²) in [5.74, 6) is 0.805. The van der Waals surface area contributed by atoms with Crippen molar-refractivity contribution in [2.75, 3.05) is 7.11 Å². The van der Waals surface area contributed by atoms with Gasteiger partial charge in [-0.2, -0.15) is 0 Å². The third kappa shape index (κ3) is 2.58. The summed E-state index contributed by atoms with van der Waals surface area (Å²) in [6.07, 6.45) is 3.73. The van der Waals surface area contributed by atoms with E-state index in [1.807, 2.05) is 50.5 Å². The average Bonchev–Trinajstić information content (AvgIpc) is 2.99. The van der Waals surface area contributed by atoms with Gasteiger partial charge in [-0.05, 0) is 48.7 Å². The van der Waals surface area contributed by atoms with Crippen molar-refractivity contribution in [1.29, 1.82) is 0 Å². The highest BCUT2D eigenvalue weighted by Gasteiger charge is 2.13. The Labute approximate surface area is 144 Å². The normalized spacial score (nSPS) is 11.3. The molecular weight excluding hydrogens is 314 g/mol. The van der Waals surface area contributed by atoms with Crippen molar-refractivity contribution in [3.05, 3.63) is 69.8 Å². The molecule has 4 rings (SSSR count). The molecule has 0 bridgehead atoms. The molecule has 0 saturated heterocycles. The van der Waals surface area contributed by atoms with Gasteiger partial charge in [0.25, 0.3) is 5.56 Å². The van der Waals surface area contributed by atoms with Crippen LogP contribution in [0.5, 0.6) is 5.75 Å². The van der Waals surface area contributed by atoms with E-state index in [1.165, 1.54) is 0 Å². The van der Waals surface area contributed by atoms with Gasteiger partial charge in [-0.3, -0.25) is 4.79 Å². The van der Waals surface area contributed by atoms with Crippen molar-refractivity contribution < 1.29 is 4.74 Å². The van der Waals surface area contributed by atoms with E-state index in [9.17, 15) is 4.79 Å². The largest absolute Gasteiger partial charge is 0.497 e. The Morgan fingerprint density at radius 2 is 1.96 bits per heavy atom. The van der Waals surface area contributed by atoms with Crippen molar-refractivity contribution in [2.45, 2.75) is 20.4 Å². The van der Waals surface area contributed by atoms with E-state index in [4.69, 9.17) is 4.74 Å². The highest BCUT2D eigenvalue weighted by atomic mass is 16.5. The zero-order valence-corrected chi connectivity index (χ0v) is 14.5. The van der Waals surface area contributed by atoms with Gasteiger partial charge in [-0.25, -0.2) is 4.98 Å². The molecule has 1 N–H and O–H groups in total. The average molecular weight is 333 g/mol. The molecule has 126 valence electrons. The quantitative estimate of drug-likeness (QED) is 0.624. The Balaban J connectivity index is 1.86. The summed E-state index contributed by atoms with van der Waals surface area (Å²) in [6, 6.07) is 9.83. The monoisotopic (exact) mass is 333 g/mol. The Kier molecular flexibility index (Phi) is 3.57. The molecule has 0 aliphatic carbocycles. The van der Waals surface area contributed by atoms with Crippen LogP contribution in [0.2, 0.25) is 0 Å². The molecule has 0 atom stereocenters. The summed E-state index contributed by atoms with van der Waals surface area (Å²) in [7, 11) is 1.64. The fourth-order valence-corrected chi connectivity index (χ4v) is 3.29. The molecule has 4 aromatic rings. The van der Waals surface area contributed by atoms with E-state index in [1.54, 1.807) is 11.7 Å². The van der Waals surface area contributed by atoms with Crippen LogP contribution < -0.4 is 10.3 Å². The Bertz CT molecular complexity index is 1140. The number of ether oxygens (including phenoxy) is 1. The molecule has 0 amide bonds. The van der Waals surface area contributed by atoms with E-state index < -0.39 is 0 Å². The molecule has 0 spiro atoms. The van der Waals surface area contributed by atoms with Gasteiger partial charge in [0.2, 0.25) is 0 Å². The molecule has 0 aliphatic rings. The first-order chi connectivity index (χ1) is 12.1. The molecule has 3 aromatic heterocycles. The summed E-state index contributed by atoms with van der Waals surface area (Å²) in [5, 5.41) is 1.96. The molecule has 3 heterocycles. The predicted octanol–water partition coefficient (Wildman–Crippen LogP) is 3.55. The lowest BCUT2D eigenvalue weighted by Crippen LogP contribution is -2.21. The van der Waals surface area contributed by atoms with Gasteiger partial charge in [-0.1, -0.05) is 12.1 Å². The van der Waals surface area contributed by atoms with Crippen molar-refractivity contribution in [3.8, 4) is 5.75 Å². The molecule has 0 saturated carbocycles. The van der Waals surface area contributed by atoms with Crippen molar-refractivity contribution in [3.63, 3.8) is 0 Å². The number of aromatic amines is 1. The number of benzene rings is 1. The van der Waals surface area contributed by atoms with Crippen molar-refractivity contribution in [2.24, 2.45) is 0 Å². The number of hydrogen-bond donors (Lipinski definition) is 1. The number of pyridine rings is 2. The second-order valence-corrected chi connectivity index (χ2v) is 6.38. The van der Waals surface area contributed by atoms with Crippen LogP contribution in [0.4, 0.5) is 0 Å². The first-order valence-corrected chi connectivity index (χ1v) is 8.18. The summed E-state index contributed by atoms with van der Waals surface area (Å²) < 4.78 is 6.92. The topological polar surface area (TPSA) is 59.9 Å². The second-order valence-electron chi connectivity index (χ2n) is 6.38. The number of methoxy groups -OCH3 is 1. The fourth-order valence-electron chi connectivity index (χ4n) is 3.29. The van der Waals surface area contributed by atoms with E-state index in [2.05, 4.69) is 16.0 Å². The first-order valence-electron chi connectivity index (χ1n) is 8.18. The highest BCUT2D eigenvalue weighted by Crippen LogP contribution is 2.25. The minimum atomic E-state index is -0.0351. The molecule has 0 unspecified atom stereocenters. The van der Waals surface area contributed by atoms with Crippen LogP contribution in [0.15, 0.2) is 47.5 Å². The number of aryl methyl sites for hydroxylation is 2. The van der Waals surface area contributed by atoms with E-state index in [-0.39, 0.29) is 5.56 Å². The minimum absolute atomic E-state index is 0.0351. The molecule has 5 nitrogen and oxygen atoms in total. The molecule has 0 fully saturated rings. The van der Waals surface area contributed by atoms with Gasteiger partial charge in [-0.15, -0.1) is 0 Å². The third-order valence-corrected chi connectivity index (χ3v) is 4.52. The number of nitrogens with one attached hydrogen (secondary N) is 1. The van der Waals surface area contributed by atoms with E-state index in [0.29, 0.717) is 12.1 Å². The van der Waals surface area contributed by atoms with Crippen molar-refractivity contribution >= 4 is 21.9 Å². The van der Waals surface area contributed by atoms with Crippen LogP contribution in [-0.2, 0) is 6.54 Å². The number of nitrogens with zero attached hydrogens (tertiary/aromatic N) is 2. The number of fused-ring (bicyclic) bond motifs is 3. The lowest BCUT2D eigenvalue weighted by atomic mass is 10.1. The number of rotatable bonds is 3. The predicted molar refractivity (Wildman–Crippen MR) is 99.4 cm³/mol. The first kappa shape index (κ1) is 15.4. The fraction of sp³-hybridized carbons (Fsp3) is 0.200. The smallest absolute Gasteiger partial charge is 0.275 e. The summed E-state index contributed by atoms with van der Waals surface area (Å²) in [6.45, 7) is 4.55.